The number of carbonyl (C=O) groups is 1. The summed E-state index contributed by atoms with van der Waals surface area (Å²) in [6, 6.07) is 0.147. The molecule has 0 aromatic carbocycles. The zero-order valence-corrected chi connectivity index (χ0v) is 14.2. The number of rotatable bonds is 4. The van der Waals surface area contributed by atoms with Crippen LogP contribution in [0.5, 0.6) is 0 Å². The van der Waals surface area contributed by atoms with Crippen LogP contribution in [-0.4, -0.2) is 46.7 Å². The monoisotopic (exact) mass is 322 g/mol. The van der Waals surface area contributed by atoms with Crippen LogP contribution in [0.15, 0.2) is 6.20 Å². The van der Waals surface area contributed by atoms with Gasteiger partial charge in [0.25, 0.3) is 0 Å². The fraction of sp³-hybridized carbons (Fsp3) is 0.750. The Hall–Kier alpha value is -1.60. The predicted molar refractivity (Wildman–Crippen MR) is 85.0 cm³/mol. The number of hydrogen-bond acceptors (Lipinski definition) is 5. The van der Waals surface area contributed by atoms with Gasteiger partial charge in [-0.1, -0.05) is 0 Å². The van der Waals surface area contributed by atoms with Gasteiger partial charge < -0.3 is 20.1 Å². The molecule has 4 atom stereocenters. The number of alkyl carbamates (subject to hydrolysis) is 1. The minimum atomic E-state index is -0.490. The average Bonchev–Trinajstić information content (AvgIpc) is 3.02. The number of carbonyl (C=O) groups excluding carboxylic acids is 1. The maximum absolute atomic E-state index is 12.1. The van der Waals surface area contributed by atoms with Gasteiger partial charge in [-0.2, -0.15) is 5.10 Å². The van der Waals surface area contributed by atoms with E-state index in [1.54, 1.807) is 0 Å². The summed E-state index contributed by atoms with van der Waals surface area (Å²) in [5.41, 5.74) is 1.69. The first-order valence-electron chi connectivity index (χ1n) is 8.18. The Morgan fingerprint density at radius 1 is 1.48 bits per heavy atom. The summed E-state index contributed by atoms with van der Waals surface area (Å²) in [5.74, 6) is 0.366. The standard InChI is InChI=1S/C16H26N4O3/c1-9-10(8-18-20-9)7-17-13-12(11-5-6-22-14(11)13)19-15(21)23-16(2,3)4/h8,11-14,17H,5-7H2,1-4H3,(H,18,20)(H,19,21). The topological polar surface area (TPSA) is 88.3 Å². The highest BCUT2D eigenvalue weighted by atomic mass is 16.6. The first-order valence-corrected chi connectivity index (χ1v) is 8.18. The van der Waals surface area contributed by atoms with Crippen LogP contribution in [0.25, 0.3) is 0 Å². The predicted octanol–water partition coefficient (Wildman–Crippen LogP) is 1.49. The number of H-pyrrole nitrogens is 1. The van der Waals surface area contributed by atoms with Crippen LogP contribution in [0.2, 0.25) is 0 Å². The molecule has 0 radical (unpaired) electrons. The highest BCUT2D eigenvalue weighted by Gasteiger charge is 2.54. The molecule has 2 fully saturated rings. The lowest BCUT2D eigenvalue weighted by Gasteiger charge is -2.48. The van der Waals surface area contributed by atoms with E-state index in [0.717, 1.165) is 24.3 Å². The second-order valence-corrected chi connectivity index (χ2v) is 7.39. The van der Waals surface area contributed by atoms with Crippen molar-refractivity contribution in [2.24, 2.45) is 5.92 Å². The Balaban J connectivity index is 1.59. The van der Waals surface area contributed by atoms with E-state index in [-0.39, 0.29) is 24.3 Å². The van der Waals surface area contributed by atoms with Crippen molar-refractivity contribution in [1.29, 1.82) is 0 Å². The molecule has 7 nitrogen and oxygen atoms in total. The second-order valence-electron chi connectivity index (χ2n) is 7.39. The molecule has 1 aliphatic heterocycles. The van der Waals surface area contributed by atoms with Crippen LogP contribution in [0, 0.1) is 12.8 Å². The number of aromatic amines is 1. The molecule has 1 saturated heterocycles. The zero-order chi connectivity index (χ0) is 16.6. The molecule has 7 heteroatoms. The number of hydrogen-bond donors (Lipinski definition) is 3. The highest BCUT2D eigenvalue weighted by Crippen LogP contribution is 2.39. The van der Waals surface area contributed by atoms with Crippen molar-refractivity contribution in [3.63, 3.8) is 0 Å². The molecule has 2 aliphatic rings. The molecule has 3 rings (SSSR count). The summed E-state index contributed by atoms with van der Waals surface area (Å²) in [6.07, 6.45) is 2.61. The molecule has 128 valence electrons. The lowest BCUT2D eigenvalue weighted by atomic mass is 9.71. The maximum Gasteiger partial charge on any atom is 0.407 e. The van der Waals surface area contributed by atoms with Gasteiger partial charge in [0.15, 0.2) is 0 Å². The van der Waals surface area contributed by atoms with Crippen LogP contribution >= 0.6 is 0 Å². The Morgan fingerprint density at radius 2 is 2.26 bits per heavy atom. The summed E-state index contributed by atoms with van der Waals surface area (Å²) in [7, 11) is 0. The minimum absolute atomic E-state index is 0.0459. The molecule has 1 amide bonds. The van der Waals surface area contributed by atoms with Gasteiger partial charge in [0, 0.05) is 30.3 Å². The Morgan fingerprint density at radius 3 is 2.91 bits per heavy atom. The van der Waals surface area contributed by atoms with E-state index < -0.39 is 5.60 Å². The van der Waals surface area contributed by atoms with E-state index in [4.69, 9.17) is 9.47 Å². The zero-order valence-electron chi connectivity index (χ0n) is 14.2. The van der Waals surface area contributed by atoms with Gasteiger partial charge in [0.2, 0.25) is 0 Å². The van der Waals surface area contributed by atoms with E-state index in [2.05, 4.69) is 20.8 Å². The Kier molecular flexibility index (Phi) is 4.33. The molecule has 23 heavy (non-hydrogen) atoms. The summed E-state index contributed by atoms with van der Waals surface area (Å²) in [6.45, 7) is 9.05. The van der Waals surface area contributed by atoms with Crippen LogP contribution in [0.4, 0.5) is 4.79 Å². The molecule has 1 aliphatic carbocycles. The fourth-order valence-corrected chi connectivity index (χ4v) is 3.37. The molecule has 1 aromatic rings. The fourth-order valence-electron chi connectivity index (χ4n) is 3.37. The van der Waals surface area contributed by atoms with Gasteiger partial charge >= 0.3 is 6.09 Å². The van der Waals surface area contributed by atoms with Crippen molar-refractivity contribution in [2.45, 2.75) is 64.4 Å². The van der Waals surface area contributed by atoms with Crippen LogP contribution < -0.4 is 10.6 Å². The SMILES string of the molecule is Cc1[nH]ncc1CNC1C(NC(=O)OC(C)(C)C)C2CCOC21. The quantitative estimate of drug-likeness (QED) is 0.781. The summed E-state index contributed by atoms with van der Waals surface area (Å²) in [4.78, 5) is 12.1. The smallest absolute Gasteiger partial charge is 0.407 e. The van der Waals surface area contributed by atoms with Crippen molar-refractivity contribution in [3.05, 3.63) is 17.5 Å². The molecule has 1 saturated carbocycles. The summed E-state index contributed by atoms with van der Waals surface area (Å²) < 4.78 is 11.2. The number of nitrogens with zero attached hydrogens (tertiary/aromatic N) is 1. The van der Waals surface area contributed by atoms with Gasteiger partial charge in [0.05, 0.1) is 24.4 Å². The van der Waals surface area contributed by atoms with Crippen molar-refractivity contribution < 1.29 is 14.3 Å². The van der Waals surface area contributed by atoms with E-state index in [9.17, 15) is 4.79 Å². The molecule has 0 bridgehead atoms. The molecule has 2 heterocycles. The third kappa shape index (κ3) is 3.50. The van der Waals surface area contributed by atoms with Crippen molar-refractivity contribution in [3.8, 4) is 0 Å². The highest BCUT2D eigenvalue weighted by molar-refractivity contribution is 5.68. The molecular weight excluding hydrogens is 296 g/mol. The Labute approximate surface area is 136 Å². The second kappa shape index (κ2) is 6.13. The van der Waals surface area contributed by atoms with Gasteiger partial charge in [-0.25, -0.2) is 4.79 Å². The van der Waals surface area contributed by atoms with Crippen LogP contribution in [0.1, 0.15) is 38.4 Å². The summed E-state index contributed by atoms with van der Waals surface area (Å²) in [5, 5.41) is 13.5. The average molecular weight is 322 g/mol. The molecule has 1 aromatic heterocycles. The van der Waals surface area contributed by atoms with Crippen molar-refractivity contribution in [1.82, 2.24) is 20.8 Å². The van der Waals surface area contributed by atoms with Gasteiger partial charge in [0.1, 0.15) is 5.60 Å². The minimum Gasteiger partial charge on any atom is -0.444 e. The first-order chi connectivity index (χ1) is 10.8. The van der Waals surface area contributed by atoms with E-state index in [1.165, 1.54) is 0 Å². The number of aromatic nitrogens is 2. The van der Waals surface area contributed by atoms with E-state index in [1.807, 2.05) is 33.9 Å². The van der Waals surface area contributed by atoms with Crippen molar-refractivity contribution >= 4 is 6.09 Å². The molecule has 0 spiro atoms. The van der Waals surface area contributed by atoms with Crippen LogP contribution in [-0.2, 0) is 16.0 Å². The summed E-state index contributed by atoms with van der Waals surface area (Å²) >= 11 is 0. The number of amides is 1. The lowest BCUT2D eigenvalue weighted by molar-refractivity contribution is -0.0344. The normalized spacial score (nSPS) is 29.7. The molecule has 4 unspecified atom stereocenters. The molecule has 3 N–H and O–H groups in total. The first kappa shape index (κ1) is 16.3. The van der Waals surface area contributed by atoms with Gasteiger partial charge in [-0.3, -0.25) is 5.10 Å². The van der Waals surface area contributed by atoms with Gasteiger partial charge in [-0.15, -0.1) is 0 Å². The molecular formula is C16H26N4O3. The van der Waals surface area contributed by atoms with E-state index in [0.29, 0.717) is 12.5 Å². The Bertz CT molecular complexity index is 566. The lowest BCUT2D eigenvalue weighted by Crippen LogP contribution is -2.70. The van der Waals surface area contributed by atoms with Gasteiger partial charge in [-0.05, 0) is 34.1 Å². The third-order valence-electron chi connectivity index (χ3n) is 4.53. The maximum atomic E-state index is 12.1. The number of aryl methyl sites for hydroxylation is 1. The van der Waals surface area contributed by atoms with Crippen molar-refractivity contribution in [2.75, 3.05) is 6.61 Å². The van der Waals surface area contributed by atoms with E-state index >= 15 is 0 Å². The largest absolute Gasteiger partial charge is 0.444 e. The number of nitrogens with one attached hydrogen (secondary N) is 3. The third-order valence-corrected chi connectivity index (χ3v) is 4.53. The van der Waals surface area contributed by atoms with Crippen LogP contribution in [0.3, 0.4) is 0 Å². The number of fused-ring (bicyclic) bond motifs is 1. The number of ether oxygens (including phenoxy) is 2.